The molecule has 0 aliphatic rings. The number of hydrogen-bond donors (Lipinski definition) is 2. The lowest BCUT2D eigenvalue weighted by molar-refractivity contribution is -0.120. The van der Waals surface area contributed by atoms with Crippen LogP contribution in [0.15, 0.2) is 18.2 Å². The van der Waals surface area contributed by atoms with Crippen LogP contribution < -0.4 is 10.6 Å². The van der Waals surface area contributed by atoms with Gasteiger partial charge in [0.2, 0.25) is 5.91 Å². The zero-order valence-electron chi connectivity index (χ0n) is 10.8. The molecule has 0 aromatic heterocycles. The van der Waals surface area contributed by atoms with Crippen LogP contribution in [0.1, 0.15) is 11.1 Å². The molecule has 0 fully saturated rings. The highest BCUT2D eigenvalue weighted by molar-refractivity contribution is 5.77. The number of ether oxygens (including phenoxy) is 1. The Morgan fingerprint density at radius 3 is 2.89 bits per heavy atom. The van der Waals surface area contributed by atoms with Crippen LogP contribution in [0.2, 0.25) is 0 Å². The topological polar surface area (TPSA) is 50.4 Å². The third-order valence-corrected chi connectivity index (χ3v) is 2.53. The van der Waals surface area contributed by atoms with E-state index in [0.29, 0.717) is 19.7 Å². The quantitative estimate of drug-likeness (QED) is 0.713. The van der Waals surface area contributed by atoms with Gasteiger partial charge < -0.3 is 15.4 Å². The fourth-order valence-corrected chi connectivity index (χ4v) is 1.52. The molecule has 0 unspecified atom stereocenters. The van der Waals surface area contributed by atoms with Gasteiger partial charge in [-0.05, 0) is 30.2 Å². The van der Waals surface area contributed by atoms with E-state index in [1.54, 1.807) is 13.2 Å². The second-order valence-corrected chi connectivity index (χ2v) is 4.02. The number of carbonyl (C=O) groups is 1. The summed E-state index contributed by atoms with van der Waals surface area (Å²) in [6.07, 6.45) is 0. The number of nitrogens with one attached hydrogen (secondary N) is 2. The van der Waals surface area contributed by atoms with Crippen molar-refractivity contribution < 1.29 is 13.9 Å². The molecule has 0 radical (unpaired) electrons. The number of methoxy groups -OCH3 is 1. The maximum Gasteiger partial charge on any atom is 0.234 e. The zero-order chi connectivity index (χ0) is 13.4. The predicted molar refractivity (Wildman–Crippen MR) is 67.7 cm³/mol. The largest absolute Gasteiger partial charge is 0.383 e. The van der Waals surface area contributed by atoms with E-state index in [2.05, 4.69) is 10.6 Å². The van der Waals surface area contributed by atoms with Gasteiger partial charge in [-0.15, -0.1) is 0 Å². The Morgan fingerprint density at radius 1 is 1.44 bits per heavy atom. The molecule has 4 nitrogen and oxygen atoms in total. The molecule has 1 rings (SSSR count). The van der Waals surface area contributed by atoms with Crippen LogP contribution in [0.25, 0.3) is 0 Å². The van der Waals surface area contributed by atoms with Crippen molar-refractivity contribution in [1.29, 1.82) is 0 Å². The maximum atomic E-state index is 12.9. The number of benzene rings is 1. The van der Waals surface area contributed by atoms with Gasteiger partial charge in [-0.1, -0.05) is 6.07 Å². The third kappa shape index (κ3) is 5.25. The Balaban J connectivity index is 2.26. The first-order chi connectivity index (χ1) is 8.63. The van der Waals surface area contributed by atoms with Gasteiger partial charge in [0.25, 0.3) is 0 Å². The van der Waals surface area contributed by atoms with Crippen LogP contribution >= 0.6 is 0 Å². The van der Waals surface area contributed by atoms with Crippen LogP contribution in [0, 0.1) is 12.7 Å². The summed E-state index contributed by atoms with van der Waals surface area (Å²) in [5, 5.41) is 5.72. The average molecular weight is 254 g/mol. The van der Waals surface area contributed by atoms with Gasteiger partial charge in [0.1, 0.15) is 5.82 Å². The molecule has 0 aliphatic heterocycles. The van der Waals surface area contributed by atoms with Crippen LogP contribution in [-0.4, -0.2) is 32.7 Å². The van der Waals surface area contributed by atoms with Gasteiger partial charge in [0, 0.05) is 20.2 Å². The molecule has 0 atom stereocenters. The van der Waals surface area contributed by atoms with Crippen molar-refractivity contribution in [3.05, 3.63) is 35.1 Å². The van der Waals surface area contributed by atoms with E-state index in [1.165, 1.54) is 12.1 Å². The lowest BCUT2D eigenvalue weighted by atomic mass is 10.1. The Labute approximate surface area is 107 Å². The van der Waals surface area contributed by atoms with Crippen LogP contribution in [0.5, 0.6) is 0 Å². The minimum atomic E-state index is -0.242. The minimum absolute atomic E-state index is 0.0770. The normalized spacial score (nSPS) is 10.4. The van der Waals surface area contributed by atoms with E-state index >= 15 is 0 Å². The Morgan fingerprint density at radius 2 is 2.22 bits per heavy atom. The van der Waals surface area contributed by atoms with Gasteiger partial charge >= 0.3 is 0 Å². The second kappa shape index (κ2) is 7.79. The van der Waals surface area contributed by atoms with Crippen molar-refractivity contribution in [1.82, 2.24) is 10.6 Å². The highest BCUT2D eigenvalue weighted by atomic mass is 19.1. The molecule has 5 heteroatoms. The van der Waals surface area contributed by atoms with Crippen molar-refractivity contribution in [2.45, 2.75) is 13.5 Å². The van der Waals surface area contributed by atoms with E-state index in [0.717, 1.165) is 11.1 Å². The molecule has 100 valence electrons. The van der Waals surface area contributed by atoms with E-state index < -0.39 is 0 Å². The van der Waals surface area contributed by atoms with Gasteiger partial charge in [-0.3, -0.25) is 4.79 Å². The highest BCUT2D eigenvalue weighted by Crippen LogP contribution is 2.09. The number of halogens is 1. The molecule has 0 heterocycles. The monoisotopic (exact) mass is 254 g/mol. The molecule has 0 saturated heterocycles. The molecular formula is C13H19FN2O2. The van der Waals surface area contributed by atoms with Crippen molar-refractivity contribution in [3.63, 3.8) is 0 Å². The number of aryl methyl sites for hydroxylation is 1. The summed E-state index contributed by atoms with van der Waals surface area (Å²) in [5.74, 6) is -0.319. The molecule has 0 saturated carbocycles. The van der Waals surface area contributed by atoms with Crippen molar-refractivity contribution >= 4 is 5.91 Å². The van der Waals surface area contributed by atoms with Crippen molar-refractivity contribution in [2.24, 2.45) is 0 Å². The number of carbonyl (C=O) groups excluding carboxylic acids is 1. The van der Waals surface area contributed by atoms with Crippen molar-refractivity contribution in [3.8, 4) is 0 Å². The molecule has 0 spiro atoms. The summed E-state index contributed by atoms with van der Waals surface area (Å²) in [5.41, 5.74) is 1.86. The van der Waals surface area contributed by atoms with Gasteiger partial charge in [0.05, 0.1) is 13.2 Å². The summed E-state index contributed by atoms with van der Waals surface area (Å²) < 4.78 is 17.7. The third-order valence-electron chi connectivity index (χ3n) is 2.53. The maximum absolute atomic E-state index is 12.9. The molecule has 0 aliphatic carbocycles. The van der Waals surface area contributed by atoms with Crippen LogP contribution in [0.3, 0.4) is 0 Å². The van der Waals surface area contributed by atoms with Gasteiger partial charge in [-0.2, -0.15) is 0 Å². The smallest absolute Gasteiger partial charge is 0.234 e. The second-order valence-electron chi connectivity index (χ2n) is 4.02. The first-order valence-electron chi connectivity index (χ1n) is 5.85. The Bertz CT molecular complexity index is 397. The Hall–Kier alpha value is -1.46. The molecule has 1 aromatic carbocycles. The summed E-state index contributed by atoms with van der Waals surface area (Å²) in [6.45, 7) is 3.64. The average Bonchev–Trinajstić information content (AvgIpc) is 2.32. The van der Waals surface area contributed by atoms with Crippen molar-refractivity contribution in [2.75, 3.05) is 26.8 Å². The molecule has 1 amide bonds. The summed E-state index contributed by atoms with van der Waals surface area (Å²) in [4.78, 5) is 11.4. The zero-order valence-corrected chi connectivity index (χ0v) is 10.8. The van der Waals surface area contributed by atoms with Crippen LogP contribution in [-0.2, 0) is 16.1 Å². The van der Waals surface area contributed by atoms with E-state index in [1.807, 2.05) is 6.92 Å². The van der Waals surface area contributed by atoms with E-state index in [9.17, 15) is 9.18 Å². The number of amides is 1. The first kappa shape index (κ1) is 14.6. The lowest BCUT2D eigenvalue weighted by Crippen LogP contribution is -2.35. The van der Waals surface area contributed by atoms with Gasteiger partial charge in [-0.25, -0.2) is 4.39 Å². The first-order valence-corrected chi connectivity index (χ1v) is 5.85. The fraction of sp³-hybridized carbons (Fsp3) is 0.462. The number of hydrogen-bond acceptors (Lipinski definition) is 3. The minimum Gasteiger partial charge on any atom is -0.383 e. The van der Waals surface area contributed by atoms with Crippen LogP contribution in [0.4, 0.5) is 4.39 Å². The van der Waals surface area contributed by atoms with E-state index in [4.69, 9.17) is 4.74 Å². The van der Waals surface area contributed by atoms with Gasteiger partial charge in [0.15, 0.2) is 0 Å². The molecule has 18 heavy (non-hydrogen) atoms. The number of rotatable bonds is 7. The molecule has 0 bridgehead atoms. The fourth-order valence-electron chi connectivity index (χ4n) is 1.52. The standard InChI is InChI=1S/C13H19FN2O2/c1-10-7-12(14)4-3-11(10)8-15-9-13(17)16-5-6-18-2/h3-4,7,15H,5-6,8-9H2,1-2H3,(H,16,17). The summed E-state index contributed by atoms with van der Waals surface area (Å²) >= 11 is 0. The Kier molecular flexibility index (Phi) is 6.32. The summed E-state index contributed by atoms with van der Waals surface area (Å²) in [6, 6.07) is 4.62. The molecule has 2 N–H and O–H groups in total. The van der Waals surface area contributed by atoms with E-state index in [-0.39, 0.29) is 18.3 Å². The predicted octanol–water partition coefficient (Wildman–Crippen LogP) is 0.986. The molecular weight excluding hydrogens is 235 g/mol. The highest BCUT2D eigenvalue weighted by Gasteiger charge is 2.02. The summed E-state index contributed by atoms with van der Waals surface area (Å²) in [7, 11) is 1.59. The molecule has 1 aromatic rings. The SMILES string of the molecule is COCCNC(=O)CNCc1ccc(F)cc1C. The lowest BCUT2D eigenvalue weighted by Gasteiger charge is -2.08.